The van der Waals surface area contributed by atoms with Crippen LogP contribution in [0.5, 0.6) is 0 Å². The fourth-order valence-corrected chi connectivity index (χ4v) is 1.38. The van der Waals surface area contributed by atoms with E-state index in [0.29, 0.717) is 11.3 Å². The quantitative estimate of drug-likeness (QED) is 0.770. The highest BCUT2D eigenvalue weighted by atomic mass is 19.1. The van der Waals surface area contributed by atoms with E-state index in [1.807, 2.05) is 0 Å². The predicted molar refractivity (Wildman–Crippen MR) is 65.0 cm³/mol. The zero-order valence-electron chi connectivity index (χ0n) is 10.2. The molecule has 1 atom stereocenters. The van der Waals surface area contributed by atoms with Crippen LogP contribution in [0.4, 0.5) is 14.9 Å². The summed E-state index contributed by atoms with van der Waals surface area (Å²) in [5.74, 6) is -1.58. The van der Waals surface area contributed by atoms with E-state index >= 15 is 0 Å². The minimum absolute atomic E-state index is 0.269. The molecule has 0 saturated heterocycles. The van der Waals surface area contributed by atoms with Crippen molar-refractivity contribution in [2.75, 3.05) is 5.32 Å². The first-order chi connectivity index (χ1) is 8.43. The molecule has 3 N–H and O–H groups in total. The van der Waals surface area contributed by atoms with Crippen molar-refractivity contribution in [1.82, 2.24) is 5.32 Å². The van der Waals surface area contributed by atoms with Crippen LogP contribution in [0, 0.1) is 12.7 Å². The number of nitrogens with one attached hydrogen (secondary N) is 2. The lowest BCUT2D eigenvalue weighted by Gasteiger charge is -2.14. The molecule has 0 radical (unpaired) electrons. The topological polar surface area (TPSA) is 78.4 Å². The Morgan fingerprint density at radius 3 is 2.67 bits per heavy atom. The van der Waals surface area contributed by atoms with Gasteiger partial charge in [0.05, 0.1) is 0 Å². The maximum atomic E-state index is 13.0. The highest BCUT2D eigenvalue weighted by Crippen LogP contribution is 2.15. The second-order valence-electron chi connectivity index (χ2n) is 3.86. The number of aryl methyl sites for hydroxylation is 1. The summed E-state index contributed by atoms with van der Waals surface area (Å²) in [4.78, 5) is 22.3. The zero-order valence-corrected chi connectivity index (χ0v) is 10.2. The standard InChI is InChI=1S/C12H15FN2O3/c1-3-9(11(16)17)14-12(18)15-10-6-8(13)5-4-7(10)2/h4-6,9H,3H2,1-2H3,(H,16,17)(H2,14,15,18)/t9-/m0/s1. The Balaban J connectivity index is 2.70. The third-order valence-corrected chi connectivity index (χ3v) is 2.46. The number of carboxylic acid groups (broad SMARTS) is 1. The van der Waals surface area contributed by atoms with Crippen molar-refractivity contribution in [1.29, 1.82) is 0 Å². The minimum Gasteiger partial charge on any atom is -0.480 e. The molecule has 0 bridgehead atoms. The number of aliphatic carboxylic acids is 1. The maximum absolute atomic E-state index is 13.0. The third-order valence-electron chi connectivity index (χ3n) is 2.46. The van der Waals surface area contributed by atoms with Gasteiger partial charge in [0.2, 0.25) is 0 Å². The van der Waals surface area contributed by atoms with Gasteiger partial charge in [-0.25, -0.2) is 14.0 Å². The van der Waals surface area contributed by atoms with E-state index in [1.165, 1.54) is 18.2 Å². The lowest BCUT2D eigenvalue weighted by Crippen LogP contribution is -2.42. The van der Waals surface area contributed by atoms with E-state index in [-0.39, 0.29) is 6.42 Å². The maximum Gasteiger partial charge on any atom is 0.326 e. The molecule has 98 valence electrons. The van der Waals surface area contributed by atoms with E-state index in [9.17, 15) is 14.0 Å². The number of hydrogen-bond donors (Lipinski definition) is 3. The van der Waals surface area contributed by atoms with E-state index < -0.39 is 23.9 Å². The first-order valence-electron chi connectivity index (χ1n) is 5.50. The second-order valence-corrected chi connectivity index (χ2v) is 3.86. The molecule has 1 aromatic carbocycles. The van der Waals surface area contributed by atoms with Crippen LogP contribution >= 0.6 is 0 Å². The number of carboxylic acids is 1. The molecule has 0 spiro atoms. The van der Waals surface area contributed by atoms with Gasteiger partial charge in [-0.2, -0.15) is 0 Å². The first-order valence-corrected chi connectivity index (χ1v) is 5.50. The first kappa shape index (κ1) is 14.0. The van der Waals surface area contributed by atoms with Gasteiger partial charge in [-0.3, -0.25) is 0 Å². The molecule has 6 heteroatoms. The third kappa shape index (κ3) is 3.73. The molecule has 18 heavy (non-hydrogen) atoms. The molecule has 0 fully saturated rings. The monoisotopic (exact) mass is 254 g/mol. The van der Waals surface area contributed by atoms with E-state index in [1.54, 1.807) is 13.8 Å². The van der Waals surface area contributed by atoms with Crippen LogP contribution in [0.25, 0.3) is 0 Å². The van der Waals surface area contributed by atoms with Crippen LogP contribution in [0.2, 0.25) is 0 Å². The number of amides is 2. The van der Waals surface area contributed by atoms with Crippen molar-refractivity contribution < 1.29 is 19.1 Å². The minimum atomic E-state index is -1.11. The largest absolute Gasteiger partial charge is 0.480 e. The normalized spacial score (nSPS) is 11.7. The number of hydrogen-bond acceptors (Lipinski definition) is 2. The van der Waals surface area contributed by atoms with Gasteiger partial charge in [-0.1, -0.05) is 13.0 Å². The number of carbonyl (C=O) groups excluding carboxylic acids is 1. The Kier molecular flexibility index (Phi) is 4.65. The average Bonchev–Trinajstić information content (AvgIpc) is 2.30. The van der Waals surface area contributed by atoms with Crippen LogP contribution in [-0.4, -0.2) is 23.1 Å². The molecule has 0 aliphatic heterocycles. The molecule has 2 amide bonds. The van der Waals surface area contributed by atoms with Crippen LogP contribution in [0.15, 0.2) is 18.2 Å². The second kappa shape index (κ2) is 6.00. The van der Waals surface area contributed by atoms with Gasteiger partial charge in [-0.15, -0.1) is 0 Å². The van der Waals surface area contributed by atoms with Crippen molar-refractivity contribution in [3.8, 4) is 0 Å². The Labute approximate surface area is 104 Å². The van der Waals surface area contributed by atoms with Gasteiger partial charge in [0, 0.05) is 5.69 Å². The number of benzene rings is 1. The summed E-state index contributed by atoms with van der Waals surface area (Å²) in [7, 11) is 0. The number of urea groups is 1. The smallest absolute Gasteiger partial charge is 0.326 e. The van der Waals surface area contributed by atoms with E-state index in [0.717, 1.165) is 0 Å². The van der Waals surface area contributed by atoms with Gasteiger partial charge < -0.3 is 15.7 Å². The molecule has 0 aliphatic rings. The predicted octanol–water partition coefficient (Wildman–Crippen LogP) is 2.12. The molecule has 0 heterocycles. The lowest BCUT2D eigenvalue weighted by molar-refractivity contribution is -0.139. The van der Waals surface area contributed by atoms with E-state index in [2.05, 4.69) is 10.6 Å². The average molecular weight is 254 g/mol. The number of rotatable bonds is 4. The Morgan fingerprint density at radius 2 is 2.11 bits per heavy atom. The number of halogens is 1. The number of carbonyl (C=O) groups is 2. The van der Waals surface area contributed by atoms with Crippen molar-refractivity contribution in [3.63, 3.8) is 0 Å². The van der Waals surface area contributed by atoms with Crippen molar-refractivity contribution >= 4 is 17.7 Å². The molecule has 0 unspecified atom stereocenters. The van der Waals surface area contributed by atoms with Crippen LogP contribution in [0.3, 0.4) is 0 Å². The highest BCUT2D eigenvalue weighted by Gasteiger charge is 2.17. The Bertz CT molecular complexity index is 463. The van der Waals surface area contributed by atoms with Gasteiger partial charge >= 0.3 is 12.0 Å². The highest BCUT2D eigenvalue weighted by molar-refractivity contribution is 5.92. The molecule has 1 rings (SSSR count). The summed E-state index contributed by atoms with van der Waals surface area (Å²) in [5, 5.41) is 13.5. The Morgan fingerprint density at radius 1 is 1.44 bits per heavy atom. The van der Waals surface area contributed by atoms with Gasteiger partial charge in [-0.05, 0) is 31.0 Å². The summed E-state index contributed by atoms with van der Waals surface area (Å²) in [6.45, 7) is 3.36. The molecule has 0 aromatic heterocycles. The SMILES string of the molecule is CC[C@H](NC(=O)Nc1cc(F)ccc1C)C(=O)O. The van der Waals surface area contributed by atoms with Crippen LogP contribution in [0.1, 0.15) is 18.9 Å². The van der Waals surface area contributed by atoms with Gasteiger partial charge in [0.1, 0.15) is 11.9 Å². The molecular weight excluding hydrogens is 239 g/mol. The van der Waals surface area contributed by atoms with Gasteiger partial charge in [0.15, 0.2) is 0 Å². The molecular formula is C12H15FN2O3. The van der Waals surface area contributed by atoms with E-state index in [4.69, 9.17) is 5.11 Å². The summed E-state index contributed by atoms with van der Waals surface area (Å²) in [5.41, 5.74) is 1.00. The van der Waals surface area contributed by atoms with Crippen LogP contribution in [-0.2, 0) is 4.79 Å². The fourth-order valence-electron chi connectivity index (χ4n) is 1.38. The lowest BCUT2D eigenvalue weighted by atomic mass is 10.2. The summed E-state index contributed by atoms with van der Waals surface area (Å²) in [6, 6.07) is 2.36. The van der Waals surface area contributed by atoms with Crippen molar-refractivity contribution in [2.24, 2.45) is 0 Å². The van der Waals surface area contributed by atoms with Crippen molar-refractivity contribution in [3.05, 3.63) is 29.6 Å². The Hall–Kier alpha value is -2.11. The molecule has 1 aromatic rings. The summed E-state index contributed by atoms with van der Waals surface area (Å²) in [6.07, 6.45) is 0.269. The summed E-state index contributed by atoms with van der Waals surface area (Å²) < 4.78 is 13.0. The van der Waals surface area contributed by atoms with Gasteiger partial charge in [0.25, 0.3) is 0 Å². The zero-order chi connectivity index (χ0) is 13.7. The molecule has 5 nitrogen and oxygen atoms in total. The fraction of sp³-hybridized carbons (Fsp3) is 0.333. The molecule has 0 aliphatic carbocycles. The van der Waals surface area contributed by atoms with Crippen LogP contribution < -0.4 is 10.6 Å². The molecule has 0 saturated carbocycles. The van der Waals surface area contributed by atoms with Crippen molar-refractivity contribution in [2.45, 2.75) is 26.3 Å². The number of anilines is 1. The summed E-state index contributed by atoms with van der Waals surface area (Å²) >= 11 is 0.